The van der Waals surface area contributed by atoms with E-state index in [2.05, 4.69) is 10.2 Å². The number of aromatic nitrogens is 3. The number of fused-ring (bicyclic) bond motifs is 1. The molecule has 0 bridgehead atoms. The van der Waals surface area contributed by atoms with E-state index in [4.69, 9.17) is 4.74 Å². The van der Waals surface area contributed by atoms with Crippen LogP contribution in [0.2, 0.25) is 0 Å². The van der Waals surface area contributed by atoms with Gasteiger partial charge in [-0.25, -0.2) is 14.7 Å². The van der Waals surface area contributed by atoms with Gasteiger partial charge in [0.05, 0.1) is 0 Å². The Morgan fingerprint density at radius 1 is 1.44 bits per heavy atom. The molecule has 1 aromatic heterocycles. The molecular weight excluding hydrogens is 234 g/mol. The number of hydrogen-bond donors (Lipinski definition) is 1. The van der Waals surface area contributed by atoms with Gasteiger partial charge in [0.1, 0.15) is 17.5 Å². The van der Waals surface area contributed by atoms with Crippen LogP contribution >= 0.6 is 0 Å². The standard InChI is InChI=1S/C12H19N3O3/c1-7-5-6-8(10(16)18-12(2,3)4)15-9(7)13-14-11(15)17/h7-8H,5-6H2,1-4H3,(H,14,17). The van der Waals surface area contributed by atoms with E-state index in [1.165, 1.54) is 4.57 Å². The van der Waals surface area contributed by atoms with Crippen LogP contribution in [0.4, 0.5) is 0 Å². The van der Waals surface area contributed by atoms with Crippen molar-refractivity contribution in [2.75, 3.05) is 0 Å². The molecule has 0 fully saturated rings. The van der Waals surface area contributed by atoms with E-state index >= 15 is 0 Å². The number of aromatic amines is 1. The van der Waals surface area contributed by atoms with Crippen LogP contribution in [0.15, 0.2) is 4.79 Å². The van der Waals surface area contributed by atoms with Crippen molar-refractivity contribution in [1.29, 1.82) is 0 Å². The molecule has 0 radical (unpaired) electrons. The molecule has 0 aromatic carbocycles. The lowest BCUT2D eigenvalue weighted by molar-refractivity contribution is -0.159. The summed E-state index contributed by atoms with van der Waals surface area (Å²) in [5, 5.41) is 6.39. The summed E-state index contributed by atoms with van der Waals surface area (Å²) in [5.74, 6) is 0.462. The zero-order valence-corrected chi connectivity index (χ0v) is 11.2. The minimum absolute atomic E-state index is 0.183. The Labute approximate surface area is 105 Å². The van der Waals surface area contributed by atoms with Crippen LogP contribution in [0.5, 0.6) is 0 Å². The van der Waals surface area contributed by atoms with Crippen molar-refractivity contribution in [2.45, 2.75) is 58.1 Å². The molecule has 0 saturated carbocycles. The highest BCUT2D eigenvalue weighted by Gasteiger charge is 2.35. The van der Waals surface area contributed by atoms with E-state index in [9.17, 15) is 9.59 Å². The predicted molar refractivity (Wildman–Crippen MR) is 65.4 cm³/mol. The number of hydrogen-bond acceptors (Lipinski definition) is 4. The van der Waals surface area contributed by atoms with Gasteiger partial charge in [-0.3, -0.25) is 4.57 Å². The molecule has 0 spiro atoms. The Morgan fingerprint density at radius 3 is 2.72 bits per heavy atom. The Morgan fingerprint density at radius 2 is 2.11 bits per heavy atom. The zero-order chi connectivity index (χ0) is 13.5. The summed E-state index contributed by atoms with van der Waals surface area (Å²) < 4.78 is 6.79. The first-order valence-electron chi connectivity index (χ1n) is 6.19. The lowest BCUT2D eigenvalue weighted by atomic mass is 9.96. The number of rotatable bonds is 1. The molecule has 2 rings (SSSR count). The molecule has 1 aliphatic heterocycles. The Bertz CT molecular complexity index is 509. The number of nitrogens with zero attached hydrogens (tertiary/aromatic N) is 2. The second kappa shape index (κ2) is 4.26. The number of ether oxygens (including phenoxy) is 1. The van der Waals surface area contributed by atoms with Crippen LogP contribution in [0.1, 0.15) is 58.3 Å². The van der Waals surface area contributed by atoms with Gasteiger partial charge in [0.25, 0.3) is 0 Å². The predicted octanol–water partition coefficient (Wildman–Crippen LogP) is 1.35. The number of H-pyrrole nitrogens is 1. The molecule has 1 aromatic rings. The van der Waals surface area contributed by atoms with Crippen LogP contribution in [0.25, 0.3) is 0 Å². The molecule has 0 aliphatic carbocycles. The van der Waals surface area contributed by atoms with Crippen molar-refractivity contribution in [3.63, 3.8) is 0 Å². The van der Waals surface area contributed by atoms with Crippen LogP contribution in [-0.2, 0) is 9.53 Å². The Balaban J connectivity index is 2.31. The highest BCUT2D eigenvalue weighted by atomic mass is 16.6. The van der Waals surface area contributed by atoms with Crippen LogP contribution in [-0.4, -0.2) is 26.3 Å². The molecule has 2 heterocycles. The molecule has 0 saturated heterocycles. The topological polar surface area (TPSA) is 77.0 Å². The number of esters is 1. The lowest BCUT2D eigenvalue weighted by Gasteiger charge is -2.29. The summed E-state index contributed by atoms with van der Waals surface area (Å²) in [7, 11) is 0. The minimum atomic E-state index is -0.554. The fraction of sp³-hybridized carbons (Fsp3) is 0.750. The van der Waals surface area contributed by atoms with Gasteiger partial charge >= 0.3 is 11.7 Å². The quantitative estimate of drug-likeness (QED) is 0.766. The van der Waals surface area contributed by atoms with Gasteiger partial charge in [-0.2, -0.15) is 5.10 Å². The number of carbonyl (C=O) groups excluding carboxylic acids is 1. The Hall–Kier alpha value is -1.59. The smallest absolute Gasteiger partial charge is 0.344 e. The van der Waals surface area contributed by atoms with Crippen molar-refractivity contribution in [2.24, 2.45) is 0 Å². The molecule has 2 atom stereocenters. The van der Waals surface area contributed by atoms with Crippen molar-refractivity contribution in [1.82, 2.24) is 14.8 Å². The second-order valence-electron chi connectivity index (χ2n) is 5.78. The van der Waals surface area contributed by atoms with Gasteiger partial charge in [-0.1, -0.05) is 6.92 Å². The highest BCUT2D eigenvalue weighted by Crippen LogP contribution is 2.31. The maximum absolute atomic E-state index is 12.1. The Kier molecular flexibility index (Phi) is 3.04. The maximum Gasteiger partial charge on any atom is 0.344 e. The number of carbonyl (C=O) groups is 1. The molecule has 1 N–H and O–H groups in total. The van der Waals surface area contributed by atoms with Gasteiger partial charge in [-0.05, 0) is 33.6 Å². The van der Waals surface area contributed by atoms with E-state index in [0.717, 1.165) is 6.42 Å². The third-order valence-corrected chi connectivity index (χ3v) is 3.04. The summed E-state index contributed by atoms with van der Waals surface area (Å²) >= 11 is 0. The van der Waals surface area contributed by atoms with Gasteiger partial charge in [0, 0.05) is 5.92 Å². The summed E-state index contributed by atoms with van der Waals surface area (Å²) in [4.78, 5) is 23.8. The average molecular weight is 253 g/mol. The first kappa shape index (κ1) is 12.9. The maximum atomic E-state index is 12.1. The molecule has 6 heteroatoms. The summed E-state index contributed by atoms with van der Waals surface area (Å²) in [5.41, 5.74) is -0.888. The fourth-order valence-electron chi connectivity index (χ4n) is 2.22. The second-order valence-corrected chi connectivity index (χ2v) is 5.78. The van der Waals surface area contributed by atoms with Crippen molar-refractivity contribution in [3.8, 4) is 0 Å². The minimum Gasteiger partial charge on any atom is -0.458 e. The molecule has 6 nitrogen and oxygen atoms in total. The first-order chi connectivity index (χ1) is 8.29. The van der Waals surface area contributed by atoms with E-state index in [-0.39, 0.29) is 17.6 Å². The third-order valence-electron chi connectivity index (χ3n) is 3.04. The number of nitrogens with one attached hydrogen (secondary N) is 1. The van der Waals surface area contributed by atoms with Gasteiger partial charge in [0.2, 0.25) is 0 Å². The van der Waals surface area contributed by atoms with E-state index in [1.807, 2.05) is 27.7 Å². The van der Waals surface area contributed by atoms with Crippen LogP contribution < -0.4 is 5.69 Å². The summed E-state index contributed by atoms with van der Waals surface area (Å²) in [6.45, 7) is 7.44. The van der Waals surface area contributed by atoms with Gasteiger partial charge in [0.15, 0.2) is 0 Å². The van der Waals surface area contributed by atoms with Crippen LogP contribution in [0, 0.1) is 0 Å². The van der Waals surface area contributed by atoms with Gasteiger partial charge < -0.3 is 4.74 Å². The zero-order valence-electron chi connectivity index (χ0n) is 11.2. The molecule has 100 valence electrons. The molecular formula is C12H19N3O3. The van der Waals surface area contributed by atoms with E-state index in [0.29, 0.717) is 12.2 Å². The first-order valence-corrected chi connectivity index (χ1v) is 6.19. The molecule has 2 unspecified atom stereocenters. The summed E-state index contributed by atoms with van der Waals surface area (Å²) in [6, 6.07) is -0.554. The fourth-order valence-corrected chi connectivity index (χ4v) is 2.22. The lowest BCUT2D eigenvalue weighted by Crippen LogP contribution is -2.37. The molecule has 18 heavy (non-hydrogen) atoms. The summed E-state index contributed by atoms with van der Waals surface area (Å²) in [6.07, 6.45) is 1.44. The van der Waals surface area contributed by atoms with Crippen molar-refractivity contribution in [3.05, 3.63) is 16.3 Å². The van der Waals surface area contributed by atoms with Crippen molar-refractivity contribution >= 4 is 5.97 Å². The van der Waals surface area contributed by atoms with Gasteiger partial charge in [-0.15, -0.1) is 0 Å². The molecule has 0 amide bonds. The third kappa shape index (κ3) is 2.32. The average Bonchev–Trinajstić information content (AvgIpc) is 2.60. The monoisotopic (exact) mass is 253 g/mol. The highest BCUT2D eigenvalue weighted by molar-refractivity contribution is 5.75. The normalized spacial score (nSPS) is 23.6. The largest absolute Gasteiger partial charge is 0.458 e. The van der Waals surface area contributed by atoms with E-state index in [1.54, 1.807) is 0 Å². The SMILES string of the molecule is CC1CCC(C(=O)OC(C)(C)C)n2c1n[nH]c2=O. The molecule has 1 aliphatic rings. The van der Waals surface area contributed by atoms with Crippen LogP contribution in [0.3, 0.4) is 0 Å². The van der Waals surface area contributed by atoms with Crippen molar-refractivity contribution < 1.29 is 9.53 Å². The van der Waals surface area contributed by atoms with E-state index < -0.39 is 11.6 Å².